The van der Waals surface area contributed by atoms with Gasteiger partial charge in [-0.3, -0.25) is 0 Å². The SMILES string of the molecule is Cc1ccc(C)c2[nH]c(CCCN(C)CC[C@]3(O)COc4cc(F)ccc4[C@@H]3C(C)C)nc12. The van der Waals surface area contributed by atoms with Gasteiger partial charge in [0.1, 0.15) is 29.6 Å². The second-order valence-electron chi connectivity index (χ2n) is 10.1. The number of aromatic amines is 1. The third-order valence-corrected chi connectivity index (χ3v) is 7.02. The molecule has 0 radical (unpaired) electrons. The lowest BCUT2D eigenvalue weighted by molar-refractivity contribution is -0.0640. The molecule has 178 valence electrons. The van der Waals surface area contributed by atoms with Crippen LogP contribution in [0, 0.1) is 25.6 Å². The fourth-order valence-electron chi connectivity index (χ4n) is 5.22. The lowest BCUT2D eigenvalue weighted by Crippen LogP contribution is -2.49. The highest BCUT2D eigenvalue weighted by Crippen LogP contribution is 2.45. The molecule has 3 aromatic rings. The van der Waals surface area contributed by atoms with Crippen molar-refractivity contribution in [3.63, 3.8) is 0 Å². The third kappa shape index (κ3) is 4.92. The minimum atomic E-state index is -0.971. The number of hydrogen-bond donors (Lipinski definition) is 2. The molecule has 4 rings (SSSR count). The molecule has 2 aromatic carbocycles. The van der Waals surface area contributed by atoms with Crippen molar-refractivity contribution in [1.29, 1.82) is 0 Å². The Morgan fingerprint density at radius 1 is 1.21 bits per heavy atom. The number of rotatable bonds is 8. The fraction of sp³-hybridized carbons (Fsp3) is 0.519. The minimum Gasteiger partial charge on any atom is -0.490 e. The van der Waals surface area contributed by atoms with Crippen molar-refractivity contribution in [3.8, 4) is 5.75 Å². The highest BCUT2D eigenvalue weighted by molar-refractivity contribution is 5.81. The molecule has 1 aliphatic heterocycles. The lowest BCUT2D eigenvalue weighted by Gasteiger charge is -2.43. The smallest absolute Gasteiger partial charge is 0.126 e. The minimum absolute atomic E-state index is 0.0859. The van der Waals surface area contributed by atoms with Gasteiger partial charge in [-0.2, -0.15) is 0 Å². The average Bonchev–Trinajstić information content (AvgIpc) is 3.20. The topological polar surface area (TPSA) is 61.4 Å². The lowest BCUT2D eigenvalue weighted by atomic mass is 9.72. The second kappa shape index (κ2) is 9.43. The zero-order valence-electron chi connectivity index (χ0n) is 20.4. The van der Waals surface area contributed by atoms with Crippen molar-refractivity contribution in [3.05, 3.63) is 58.7 Å². The first-order chi connectivity index (χ1) is 15.7. The summed E-state index contributed by atoms with van der Waals surface area (Å²) in [7, 11) is 2.09. The maximum absolute atomic E-state index is 13.7. The molecular weight excluding hydrogens is 417 g/mol. The molecule has 1 aromatic heterocycles. The van der Waals surface area contributed by atoms with E-state index in [0.717, 1.165) is 48.4 Å². The van der Waals surface area contributed by atoms with E-state index in [9.17, 15) is 9.50 Å². The Morgan fingerprint density at radius 2 is 1.97 bits per heavy atom. The Morgan fingerprint density at radius 3 is 2.70 bits per heavy atom. The van der Waals surface area contributed by atoms with Crippen LogP contribution in [0.2, 0.25) is 0 Å². The summed E-state index contributed by atoms with van der Waals surface area (Å²) in [6.45, 7) is 10.3. The quantitative estimate of drug-likeness (QED) is 0.496. The van der Waals surface area contributed by atoms with Gasteiger partial charge in [-0.1, -0.05) is 32.0 Å². The largest absolute Gasteiger partial charge is 0.490 e. The van der Waals surface area contributed by atoms with E-state index in [4.69, 9.17) is 9.72 Å². The zero-order valence-corrected chi connectivity index (χ0v) is 20.4. The summed E-state index contributed by atoms with van der Waals surface area (Å²) in [6, 6.07) is 8.90. The summed E-state index contributed by atoms with van der Waals surface area (Å²) in [4.78, 5) is 10.5. The number of hydrogen-bond acceptors (Lipinski definition) is 4. The number of imidazole rings is 1. The van der Waals surface area contributed by atoms with Gasteiger partial charge in [-0.25, -0.2) is 9.37 Å². The Bertz CT molecular complexity index is 1090. The molecule has 0 spiro atoms. The van der Waals surface area contributed by atoms with E-state index < -0.39 is 5.60 Å². The van der Waals surface area contributed by atoms with Gasteiger partial charge in [0.05, 0.1) is 11.0 Å². The van der Waals surface area contributed by atoms with Crippen molar-refractivity contribution >= 4 is 11.0 Å². The number of H-pyrrole nitrogens is 1. The summed E-state index contributed by atoms with van der Waals surface area (Å²) in [5, 5.41) is 11.5. The molecule has 0 unspecified atom stereocenters. The number of halogens is 1. The number of nitrogens with zero attached hydrogens (tertiary/aromatic N) is 2. The Hall–Kier alpha value is -2.44. The van der Waals surface area contributed by atoms with Crippen LogP contribution in [0.3, 0.4) is 0 Å². The molecule has 0 saturated carbocycles. The van der Waals surface area contributed by atoms with Gasteiger partial charge in [0.25, 0.3) is 0 Å². The molecule has 2 heterocycles. The molecule has 5 nitrogen and oxygen atoms in total. The molecule has 0 amide bonds. The normalized spacial score (nSPS) is 20.5. The summed E-state index contributed by atoms with van der Waals surface area (Å²) in [5.74, 6) is 1.41. The van der Waals surface area contributed by atoms with Crippen LogP contribution in [0.15, 0.2) is 30.3 Å². The number of nitrogens with one attached hydrogen (secondary N) is 1. The van der Waals surface area contributed by atoms with Crippen molar-refractivity contribution in [2.45, 2.75) is 58.5 Å². The Labute approximate surface area is 196 Å². The number of ether oxygens (including phenoxy) is 1. The molecule has 0 saturated heterocycles. The third-order valence-electron chi connectivity index (χ3n) is 7.02. The van der Waals surface area contributed by atoms with Gasteiger partial charge < -0.3 is 19.7 Å². The predicted molar refractivity (Wildman–Crippen MR) is 130 cm³/mol. The zero-order chi connectivity index (χ0) is 23.8. The number of aliphatic hydroxyl groups is 1. The Balaban J connectivity index is 1.34. The summed E-state index contributed by atoms with van der Waals surface area (Å²) < 4.78 is 19.5. The maximum atomic E-state index is 13.7. The van der Waals surface area contributed by atoms with Crippen LogP contribution in [0.1, 0.15) is 55.1 Å². The van der Waals surface area contributed by atoms with E-state index in [-0.39, 0.29) is 24.3 Å². The molecule has 6 heteroatoms. The maximum Gasteiger partial charge on any atom is 0.126 e. The predicted octanol–water partition coefficient (Wildman–Crippen LogP) is 5.14. The molecule has 2 atom stereocenters. The van der Waals surface area contributed by atoms with Gasteiger partial charge in [-0.05, 0) is 63.4 Å². The Kier molecular flexibility index (Phi) is 6.78. The van der Waals surface area contributed by atoms with Crippen LogP contribution in [-0.4, -0.2) is 52.3 Å². The molecule has 2 N–H and O–H groups in total. The van der Waals surface area contributed by atoms with Gasteiger partial charge in [0.2, 0.25) is 0 Å². The number of aryl methyl sites for hydroxylation is 3. The van der Waals surface area contributed by atoms with Gasteiger partial charge in [-0.15, -0.1) is 0 Å². The van der Waals surface area contributed by atoms with Crippen molar-refractivity contribution in [1.82, 2.24) is 14.9 Å². The van der Waals surface area contributed by atoms with Crippen LogP contribution in [-0.2, 0) is 6.42 Å². The summed E-state index contributed by atoms with van der Waals surface area (Å²) in [6.07, 6.45) is 2.48. The van der Waals surface area contributed by atoms with E-state index in [1.807, 2.05) is 0 Å². The van der Waals surface area contributed by atoms with E-state index in [1.165, 1.54) is 23.3 Å². The number of fused-ring (bicyclic) bond motifs is 2. The molecule has 0 fully saturated rings. The van der Waals surface area contributed by atoms with Gasteiger partial charge >= 0.3 is 0 Å². The highest BCUT2D eigenvalue weighted by Gasteiger charge is 2.44. The van der Waals surface area contributed by atoms with Crippen molar-refractivity contribution in [2.24, 2.45) is 5.92 Å². The molecule has 0 bridgehead atoms. The monoisotopic (exact) mass is 453 g/mol. The van der Waals surface area contributed by atoms with Crippen LogP contribution in [0.4, 0.5) is 4.39 Å². The molecule has 33 heavy (non-hydrogen) atoms. The second-order valence-corrected chi connectivity index (χ2v) is 10.1. The average molecular weight is 454 g/mol. The van der Waals surface area contributed by atoms with Crippen molar-refractivity contribution < 1.29 is 14.2 Å². The highest BCUT2D eigenvalue weighted by atomic mass is 19.1. The number of benzene rings is 2. The first-order valence-corrected chi connectivity index (χ1v) is 12.0. The molecular formula is C27H36FN3O2. The van der Waals surface area contributed by atoms with Crippen LogP contribution in [0.25, 0.3) is 11.0 Å². The molecule has 1 aliphatic rings. The van der Waals surface area contributed by atoms with Gasteiger partial charge in [0.15, 0.2) is 0 Å². The first kappa shape index (κ1) is 23.7. The van der Waals surface area contributed by atoms with Crippen molar-refractivity contribution in [2.75, 3.05) is 26.7 Å². The van der Waals surface area contributed by atoms with E-state index in [0.29, 0.717) is 12.2 Å². The van der Waals surface area contributed by atoms with Crippen LogP contribution < -0.4 is 4.74 Å². The van der Waals surface area contributed by atoms with Crippen LogP contribution in [0.5, 0.6) is 5.75 Å². The van der Waals surface area contributed by atoms with Gasteiger partial charge in [0, 0.05) is 30.5 Å². The summed E-state index contributed by atoms with van der Waals surface area (Å²) in [5.41, 5.74) is 4.55. The fourth-order valence-corrected chi connectivity index (χ4v) is 5.22. The van der Waals surface area contributed by atoms with E-state index >= 15 is 0 Å². The first-order valence-electron chi connectivity index (χ1n) is 12.0. The standard InChI is InChI=1S/C27H36FN3O2/c1-17(2)24-21-11-10-20(28)15-22(21)33-16-27(24,32)12-14-31(5)13-6-7-23-29-25-18(3)8-9-19(4)26(25)30-23/h8-11,15,17,24,32H,6-7,12-14,16H2,1-5H3,(H,29,30)/t24-,27-/m0/s1. The summed E-state index contributed by atoms with van der Waals surface area (Å²) >= 11 is 0. The van der Waals surface area contributed by atoms with E-state index in [1.54, 1.807) is 6.07 Å². The van der Waals surface area contributed by atoms with E-state index in [2.05, 4.69) is 56.8 Å². The number of aromatic nitrogens is 2. The van der Waals surface area contributed by atoms with Crippen LogP contribution >= 0.6 is 0 Å². The molecule has 0 aliphatic carbocycles.